The highest BCUT2D eigenvalue weighted by Gasteiger charge is 2.65. The van der Waals surface area contributed by atoms with Gasteiger partial charge in [-0.1, -0.05) is 36.4 Å². The van der Waals surface area contributed by atoms with Gasteiger partial charge in [0.25, 0.3) is 0 Å². The highest BCUT2D eigenvalue weighted by Crippen LogP contribution is 2.44. The van der Waals surface area contributed by atoms with E-state index in [9.17, 15) is 38.3 Å². The van der Waals surface area contributed by atoms with Crippen LogP contribution in [0.4, 0.5) is 18.9 Å². The van der Waals surface area contributed by atoms with Crippen LogP contribution in [0, 0.1) is 16.0 Å². The maximum absolute atomic E-state index is 13.9. The number of halogens is 3. The van der Waals surface area contributed by atoms with Gasteiger partial charge in [0.15, 0.2) is 16.6 Å². The van der Waals surface area contributed by atoms with Crippen molar-refractivity contribution in [2.75, 3.05) is 0 Å². The number of nitro benzene ring substituents is 1. The molecule has 0 radical (unpaired) electrons. The minimum absolute atomic E-state index is 0.111. The Balaban J connectivity index is 2.20. The summed E-state index contributed by atoms with van der Waals surface area (Å²) in [4.78, 5) is 23.3. The third-order valence-corrected chi connectivity index (χ3v) is 4.92. The highest BCUT2D eigenvalue weighted by atomic mass is 32.1. The van der Waals surface area contributed by atoms with Crippen molar-refractivity contribution in [2.45, 2.75) is 17.9 Å². The van der Waals surface area contributed by atoms with Gasteiger partial charge in [-0.3, -0.25) is 14.9 Å². The number of phenols is 1. The molecule has 2 aromatic rings. The van der Waals surface area contributed by atoms with E-state index < -0.39 is 51.1 Å². The molecule has 1 saturated heterocycles. The van der Waals surface area contributed by atoms with Crippen LogP contribution in [0.1, 0.15) is 22.0 Å². The Kier molecular flexibility index (Phi) is 5.39. The molecule has 3 atom stereocenters. The summed E-state index contributed by atoms with van der Waals surface area (Å²) in [5, 5.41) is 35.0. The molecule has 0 spiro atoms. The van der Waals surface area contributed by atoms with Gasteiger partial charge in [-0.25, -0.2) is 0 Å². The lowest BCUT2D eigenvalue weighted by Crippen LogP contribution is -2.72. The van der Waals surface area contributed by atoms with Gasteiger partial charge in [0, 0.05) is 11.6 Å². The number of nitrogens with zero attached hydrogens (tertiary/aromatic N) is 1. The Morgan fingerprint density at radius 1 is 1.20 bits per heavy atom. The largest absolute Gasteiger partial charge is 0.502 e. The summed E-state index contributed by atoms with van der Waals surface area (Å²) < 4.78 is 41.7. The molecule has 0 saturated carbocycles. The van der Waals surface area contributed by atoms with E-state index in [0.29, 0.717) is 0 Å². The molecule has 2 aromatic carbocycles. The molecule has 12 heteroatoms. The van der Waals surface area contributed by atoms with Crippen LogP contribution >= 0.6 is 12.2 Å². The van der Waals surface area contributed by atoms with Gasteiger partial charge in [0.05, 0.1) is 11.0 Å². The van der Waals surface area contributed by atoms with Crippen LogP contribution in [-0.4, -0.2) is 37.9 Å². The predicted molar refractivity (Wildman–Crippen MR) is 102 cm³/mol. The Morgan fingerprint density at radius 2 is 1.83 bits per heavy atom. The number of alkyl halides is 3. The van der Waals surface area contributed by atoms with Gasteiger partial charge in [0.1, 0.15) is 5.92 Å². The molecule has 1 aliphatic heterocycles. The lowest BCUT2D eigenvalue weighted by Gasteiger charge is -2.46. The summed E-state index contributed by atoms with van der Waals surface area (Å²) in [5.41, 5.74) is -4.79. The molecule has 0 aliphatic carbocycles. The monoisotopic (exact) mass is 441 g/mol. The standard InChI is InChI=1S/C18H14F3N3O5S/c19-18(20,21)17(27)13(15(26)9-4-2-1-3-5-9)14(22-16(30)23-17)10-6-7-12(25)11(8-10)24(28)29/h1-8,13-14,25,27H,(H2,22,23,30)/t13-,14-,17+/m0/s1. The lowest BCUT2D eigenvalue weighted by atomic mass is 9.77. The maximum Gasteiger partial charge on any atom is 0.437 e. The van der Waals surface area contributed by atoms with Crippen LogP contribution in [0.15, 0.2) is 48.5 Å². The summed E-state index contributed by atoms with van der Waals surface area (Å²) >= 11 is 4.79. The molecule has 1 fully saturated rings. The second kappa shape index (κ2) is 7.54. The van der Waals surface area contributed by atoms with Crippen molar-refractivity contribution < 1.29 is 33.1 Å². The van der Waals surface area contributed by atoms with Gasteiger partial charge < -0.3 is 20.8 Å². The average Bonchev–Trinajstić information content (AvgIpc) is 2.67. The zero-order valence-electron chi connectivity index (χ0n) is 14.9. The zero-order chi connectivity index (χ0) is 22.3. The number of Topliss-reactive ketones (excluding diaryl/α,β-unsaturated/α-hetero) is 1. The van der Waals surface area contributed by atoms with Crippen molar-refractivity contribution in [3.63, 3.8) is 0 Å². The Bertz CT molecular complexity index is 1020. The fourth-order valence-corrected chi connectivity index (χ4v) is 3.56. The maximum atomic E-state index is 13.9. The van der Waals surface area contributed by atoms with Crippen molar-refractivity contribution in [1.29, 1.82) is 0 Å². The van der Waals surface area contributed by atoms with Crippen molar-refractivity contribution >= 4 is 28.8 Å². The number of carbonyl (C=O) groups is 1. The van der Waals surface area contributed by atoms with E-state index in [1.165, 1.54) is 24.3 Å². The van der Waals surface area contributed by atoms with E-state index in [-0.39, 0.29) is 11.1 Å². The number of benzene rings is 2. The fraction of sp³-hybridized carbons (Fsp3) is 0.222. The lowest BCUT2D eigenvalue weighted by molar-refractivity contribution is -0.386. The summed E-state index contributed by atoms with van der Waals surface area (Å²) in [5.74, 6) is -3.98. The van der Waals surface area contributed by atoms with E-state index in [2.05, 4.69) is 5.32 Å². The molecule has 0 amide bonds. The smallest absolute Gasteiger partial charge is 0.437 e. The van der Waals surface area contributed by atoms with Gasteiger partial charge in [-0.05, 0) is 23.8 Å². The number of thiocarbonyl (C=S) groups is 1. The first kappa shape index (κ1) is 21.5. The van der Waals surface area contributed by atoms with Crippen molar-refractivity contribution in [2.24, 2.45) is 5.92 Å². The number of aliphatic hydroxyl groups is 1. The first-order chi connectivity index (χ1) is 14.0. The zero-order valence-corrected chi connectivity index (χ0v) is 15.7. The van der Waals surface area contributed by atoms with E-state index in [1.54, 1.807) is 11.4 Å². The minimum atomic E-state index is -5.32. The van der Waals surface area contributed by atoms with E-state index in [1.807, 2.05) is 0 Å². The normalized spacial score (nSPS) is 23.9. The molecule has 158 valence electrons. The Labute approximate surface area is 172 Å². The molecule has 0 aromatic heterocycles. The Hall–Kier alpha value is -3.25. The summed E-state index contributed by atoms with van der Waals surface area (Å²) in [7, 11) is 0. The first-order valence-electron chi connectivity index (χ1n) is 8.40. The number of hydrogen-bond acceptors (Lipinski definition) is 6. The van der Waals surface area contributed by atoms with Gasteiger partial charge >= 0.3 is 11.9 Å². The third kappa shape index (κ3) is 3.66. The van der Waals surface area contributed by atoms with Crippen LogP contribution < -0.4 is 10.6 Å². The Morgan fingerprint density at radius 3 is 2.40 bits per heavy atom. The van der Waals surface area contributed by atoms with Crippen LogP contribution in [0.5, 0.6) is 5.75 Å². The molecule has 3 rings (SSSR count). The SMILES string of the molecule is O=C(c1ccccc1)[C@@H]1[C@H](c2ccc(O)c([N+](=O)[O-])c2)NC(=S)N[C@]1(O)C(F)(F)F. The molecular formula is C18H14F3N3O5S. The van der Waals surface area contributed by atoms with Crippen LogP contribution in [0.25, 0.3) is 0 Å². The van der Waals surface area contributed by atoms with Gasteiger partial charge in [-0.15, -0.1) is 0 Å². The van der Waals surface area contributed by atoms with E-state index >= 15 is 0 Å². The number of aromatic hydroxyl groups is 1. The van der Waals surface area contributed by atoms with E-state index in [4.69, 9.17) is 12.2 Å². The number of nitrogens with one attached hydrogen (secondary N) is 2. The average molecular weight is 441 g/mol. The van der Waals surface area contributed by atoms with Crippen LogP contribution in [-0.2, 0) is 0 Å². The van der Waals surface area contributed by atoms with Gasteiger partial charge in [0.2, 0.25) is 5.72 Å². The number of carbonyl (C=O) groups excluding carboxylic acids is 1. The van der Waals surface area contributed by atoms with E-state index in [0.717, 1.165) is 18.2 Å². The topological polar surface area (TPSA) is 125 Å². The number of rotatable bonds is 4. The van der Waals surface area contributed by atoms with Crippen LogP contribution in [0.3, 0.4) is 0 Å². The minimum Gasteiger partial charge on any atom is -0.502 e. The highest BCUT2D eigenvalue weighted by molar-refractivity contribution is 7.80. The molecule has 1 aliphatic rings. The van der Waals surface area contributed by atoms with Gasteiger partial charge in [-0.2, -0.15) is 13.2 Å². The third-order valence-electron chi connectivity index (χ3n) is 4.70. The van der Waals surface area contributed by atoms with Crippen molar-refractivity contribution in [1.82, 2.24) is 10.6 Å². The molecule has 0 bridgehead atoms. The number of ketones is 1. The molecule has 30 heavy (non-hydrogen) atoms. The molecule has 4 N–H and O–H groups in total. The molecular weight excluding hydrogens is 427 g/mol. The molecule has 1 heterocycles. The fourth-order valence-electron chi connectivity index (χ4n) is 3.28. The second-order valence-corrected chi connectivity index (χ2v) is 6.96. The van der Waals surface area contributed by atoms with Crippen molar-refractivity contribution in [3.05, 3.63) is 69.8 Å². The second-order valence-electron chi connectivity index (χ2n) is 6.55. The quantitative estimate of drug-likeness (QED) is 0.247. The van der Waals surface area contributed by atoms with Crippen LogP contribution in [0.2, 0.25) is 0 Å². The van der Waals surface area contributed by atoms with Crippen molar-refractivity contribution in [3.8, 4) is 5.75 Å². The number of hydrogen-bond donors (Lipinski definition) is 4. The number of nitro groups is 1. The summed E-state index contributed by atoms with van der Waals surface area (Å²) in [6, 6.07) is 8.25. The molecule has 8 nitrogen and oxygen atoms in total. The number of phenolic OH excluding ortho intramolecular Hbond substituents is 1. The summed E-state index contributed by atoms with van der Waals surface area (Å²) in [6.45, 7) is 0. The summed E-state index contributed by atoms with van der Waals surface area (Å²) in [6.07, 6.45) is -5.32. The predicted octanol–water partition coefficient (Wildman–Crippen LogP) is 2.57. The molecule has 0 unspecified atom stereocenters. The first-order valence-corrected chi connectivity index (χ1v) is 8.81.